The Labute approximate surface area is 224 Å². The van der Waals surface area contributed by atoms with Crippen LogP contribution in [0.2, 0.25) is 0 Å². The summed E-state index contributed by atoms with van der Waals surface area (Å²) in [5, 5.41) is 2.72. The highest BCUT2D eigenvalue weighted by Crippen LogP contribution is 2.26. The van der Waals surface area contributed by atoms with Crippen LogP contribution in [-0.4, -0.2) is 51.4 Å². The van der Waals surface area contributed by atoms with Gasteiger partial charge in [0.05, 0.1) is 24.9 Å². The number of ether oxygens (including phenoxy) is 2. The summed E-state index contributed by atoms with van der Waals surface area (Å²) in [6.45, 7) is 4.01. The summed E-state index contributed by atoms with van der Waals surface area (Å²) in [6.07, 6.45) is 2.68. The molecule has 1 unspecified atom stereocenters. The second kappa shape index (κ2) is 12.0. The van der Waals surface area contributed by atoms with Crippen molar-refractivity contribution in [3.8, 4) is 17.1 Å². The smallest absolute Gasteiger partial charge is 0.417 e. The lowest BCUT2D eigenvalue weighted by Crippen LogP contribution is -2.44. The van der Waals surface area contributed by atoms with Crippen LogP contribution in [0.1, 0.15) is 12.6 Å². The first kappa shape index (κ1) is 25.7. The third kappa shape index (κ3) is 6.46. The van der Waals surface area contributed by atoms with E-state index >= 15 is 0 Å². The number of hydrogen-bond acceptors (Lipinski definition) is 8. The van der Waals surface area contributed by atoms with E-state index in [0.29, 0.717) is 47.6 Å². The highest BCUT2D eigenvalue weighted by atomic mass is 32.2. The first-order chi connectivity index (χ1) is 18.5. The van der Waals surface area contributed by atoms with Crippen molar-refractivity contribution in [2.75, 3.05) is 30.0 Å². The number of para-hydroxylation sites is 1. The second-order valence-corrected chi connectivity index (χ2v) is 10.2. The lowest BCUT2D eigenvalue weighted by Gasteiger charge is -2.34. The van der Waals surface area contributed by atoms with Crippen LogP contribution >= 0.6 is 0 Å². The molecule has 1 fully saturated rings. The molecule has 5 rings (SSSR count). The summed E-state index contributed by atoms with van der Waals surface area (Å²) in [5.41, 5.74) is 2.02. The predicted molar refractivity (Wildman–Crippen MR) is 146 cm³/mol. The summed E-state index contributed by atoms with van der Waals surface area (Å²) in [6, 6.07) is 21.6. The minimum Gasteiger partial charge on any atom is -0.611 e. The average Bonchev–Trinajstić information content (AvgIpc) is 2.94. The van der Waals surface area contributed by atoms with E-state index in [-0.39, 0.29) is 11.8 Å². The number of carbonyl (C=O) groups is 1. The maximum Gasteiger partial charge on any atom is 0.417 e. The molecule has 4 aromatic rings. The van der Waals surface area contributed by atoms with Gasteiger partial charge in [-0.25, -0.2) is 14.8 Å². The number of amides is 1. The van der Waals surface area contributed by atoms with Crippen molar-refractivity contribution in [3.63, 3.8) is 0 Å². The molecule has 9 nitrogen and oxygen atoms in total. The first-order valence-electron chi connectivity index (χ1n) is 12.2. The Bertz CT molecular complexity index is 1360. The number of hydrogen-bond donors (Lipinski definition) is 1. The van der Waals surface area contributed by atoms with Gasteiger partial charge in [0.1, 0.15) is 11.6 Å². The minimum absolute atomic E-state index is 0.146. The number of aromatic nitrogens is 3. The van der Waals surface area contributed by atoms with E-state index in [0.717, 1.165) is 11.4 Å². The van der Waals surface area contributed by atoms with Gasteiger partial charge in [-0.2, -0.15) is 0 Å². The fourth-order valence-corrected chi connectivity index (χ4v) is 5.06. The Kier molecular flexibility index (Phi) is 8.12. The van der Waals surface area contributed by atoms with Gasteiger partial charge in [0.25, 0.3) is 0 Å². The molecule has 3 heterocycles. The second-order valence-electron chi connectivity index (χ2n) is 8.74. The predicted octanol–water partition coefficient (Wildman–Crippen LogP) is 4.68. The molecule has 1 amide bonds. The van der Waals surface area contributed by atoms with Crippen molar-refractivity contribution in [1.82, 2.24) is 15.0 Å². The summed E-state index contributed by atoms with van der Waals surface area (Å²) < 4.78 is 23.9. The van der Waals surface area contributed by atoms with Crippen molar-refractivity contribution in [1.29, 1.82) is 0 Å². The molecule has 2 aromatic heterocycles. The van der Waals surface area contributed by atoms with Crippen LogP contribution in [0.3, 0.4) is 0 Å². The topological polar surface area (TPSA) is 113 Å². The van der Waals surface area contributed by atoms with Crippen LogP contribution in [0.25, 0.3) is 11.4 Å². The molecule has 0 saturated carbocycles. The Balaban J connectivity index is 1.38. The third-order valence-corrected chi connectivity index (χ3v) is 7.32. The summed E-state index contributed by atoms with van der Waals surface area (Å²) in [7, 11) is 0. The SMILES string of the molecule is C[C@H]1COCCN1c1cc(C[S+]([O-])c2ccncc2)nc(-c2ccc(NC(=O)Oc3ccccc3)cc2)n1. The number of rotatable bonds is 7. The van der Waals surface area contributed by atoms with E-state index < -0.39 is 17.3 Å². The number of pyridine rings is 1. The third-order valence-electron chi connectivity index (χ3n) is 5.96. The van der Waals surface area contributed by atoms with Crippen LogP contribution in [-0.2, 0) is 21.7 Å². The molecule has 0 aliphatic carbocycles. The molecular formula is C28H27N5O4S. The molecule has 1 N–H and O–H groups in total. The van der Waals surface area contributed by atoms with Gasteiger partial charge in [-0.3, -0.25) is 10.3 Å². The summed E-state index contributed by atoms with van der Waals surface area (Å²) >= 11 is -1.28. The van der Waals surface area contributed by atoms with E-state index in [2.05, 4.69) is 22.1 Å². The molecule has 1 saturated heterocycles. The van der Waals surface area contributed by atoms with Crippen LogP contribution in [0.15, 0.2) is 90.1 Å². The molecule has 0 bridgehead atoms. The van der Waals surface area contributed by atoms with Gasteiger partial charge in [-0.1, -0.05) is 18.2 Å². The van der Waals surface area contributed by atoms with Gasteiger partial charge >= 0.3 is 6.09 Å². The maximum absolute atomic E-state index is 13.0. The number of nitrogens with one attached hydrogen (secondary N) is 1. The van der Waals surface area contributed by atoms with Crippen LogP contribution in [0, 0.1) is 0 Å². The molecule has 194 valence electrons. The highest BCUT2D eigenvalue weighted by Gasteiger charge is 2.23. The van der Waals surface area contributed by atoms with Gasteiger partial charge < -0.3 is 18.9 Å². The molecule has 0 spiro atoms. The monoisotopic (exact) mass is 529 g/mol. The molecular weight excluding hydrogens is 502 g/mol. The molecule has 10 heteroatoms. The Morgan fingerprint density at radius 2 is 1.87 bits per heavy atom. The Morgan fingerprint density at radius 3 is 2.61 bits per heavy atom. The van der Waals surface area contributed by atoms with Gasteiger partial charge in [-0.15, -0.1) is 0 Å². The van der Waals surface area contributed by atoms with Gasteiger partial charge in [0.2, 0.25) is 0 Å². The molecule has 38 heavy (non-hydrogen) atoms. The lowest BCUT2D eigenvalue weighted by atomic mass is 10.2. The van der Waals surface area contributed by atoms with Crippen LogP contribution < -0.4 is 15.0 Å². The molecule has 0 radical (unpaired) electrons. The Morgan fingerprint density at radius 1 is 1.11 bits per heavy atom. The molecule has 2 aromatic carbocycles. The fourth-order valence-electron chi connectivity index (χ4n) is 4.05. The average molecular weight is 530 g/mol. The number of benzene rings is 2. The largest absolute Gasteiger partial charge is 0.611 e. The van der Waals surface area contributed by atoms with Crippen LogP contribution in [0.4, 0.5) is 16.3 Å². The van der Waals surface area contributed by atoms with Crippen molar-refractivity contribution in [3.05, 3.63) is 90.9 Å². The van der Waals surface area contributed by atoms with Crippen molar-refractivity contribution < 1.29 is 18.8 Å². The highest BCUT2D eigenvalue weighted by molar-refractivity contribution is 7.90. The fraction of sp³-hybridized carbons (Fsp3) is 0.214. The maximum atomic E-state index is 13.0. The van der Waals surface area contributed by atoms with Gasteiger partial charge in [0.15, 0.2) is 16.5 Å². The van der Waals surface area contributed by atoms with E-state index in [1.807, 2.05) is 24.3 Å². The van der Waals surface area contributed by atoms with Crippen molar-refractivity contribution >= 4 is 28.8 Å². The van der Waals surface area contributed by atoms with E-state index in [4.69, 9.17) is 19.4 Å². The van der Waals surface area contributed by atoms with Gasteiger partial charge in [-0.05, 0) is 54.5 Å². The van der Waals surface area contributed by atoms with Crippen LogP contribution in [0.5, 0.6) is 5.75 Å². The number of carbonyl (C=O) groups excluding carboxylic acids is 1. The first-order valence-corrected chi connectivity index (χ1v) is 13.5. The number of nitrogens with zero attached hydrogens (tertiary/aromatic N) is 4. The zero-order valence-electron chi connectivity index (χ0n) is 20.8. The van der Waals surface area contributed by atoms with Crippen molar-refractivity contribution in [2.24, 2.45) is 0 Å². The molecule has 1 aliphatic heterocycles. The standard InChI is InChI=1S/C28H27N5O4S/c1-20-18-36-16-15-33(20)26-17-23(19-38(35)25-11-13-29-14-12-25)30-27(32-26)21-7-9-22(10-8-21)31-28(34)37-24-5-3-2-4-6-24/h2-14,17,20H,15-16,18-19H2,1H3,(H,31,34)/t20-,38?/m0/s1. The molecule has 1 aliphatic rings. The summed E-state index contributed by atoms with van der Waals surface area (Å²) in [5.74, 6) is 1.99. The summed E-state index contributed by atoms with van der Waals surface area (Å²) in [4.78, 5) is 28.7. The van der Waals surface area contributed by atoms with Gasteiger partial charge in [0, 0.05) is 48.4 Å². The van der Waals surface area contributed by atoms with E-state index in [1.165, 1.54) is 0 Å². The normalized spacial score (nSPS) is 16.1. The van der Waals surface area contributed by atoms with E-state index in [1.54, 1.807) is 60.9 Å². The number of anilines is 2. The molecule has 2 atom stereocenters. The number of morpholine rings is 1. The quantitative estimate of drug-likeness (QED) is 0.343. The Hall–Kier alpha value is -3.99. The zero-order valence-corrected chi connectivity index (χ0v) is 21.6. The van der Waals surface area contributed by atoms with E-state index in [9.17, 15) is 9.35 Å². The minimum atomic E-state index is -1.28. The van der Waals surface area contributed by atoms with Crippen molar-refractivity contribution in [2.45, 2.75) is 23.6 Å². The zero-order chi connectivity index (χ0) is 26.3. The lowest BCUT2D eigenvalue weighted by molar-refractivity contribution is 0.0985.